The molecule has 2 rings (SSSR count). The first-order valence-corrected chi connectivity index (χ1v) is 6.89. The molecule has 0 saturated carbocycles. The Balaban J connectivity index is 2.24. The highest BCUT2D eigenvalue weighted by molar-refractivity contribution is 7.18. The molecule has 0 fully saturated rings. The average molecular weight is 291 g/mol. The molecule has 106 valence electrons. The second-order valence-corrected chi connectivity index (χ2v) is 5.62. The molecule has 7 heteroatoms. The molecule has 1 amide bonds. The number of nitrogens with two attached hydrogens (primary N) is 1. The number of carbonyl (C=O) groups excluding carboxylic acids is 1. The Bertz CT molecular complexity index is 650. The molecule has 2 aromatic heterocycles. The van der Waals surface area contributed by atoms with E-state index in [9.17, 15) is 4.79 Å². The molecular weight excluding hydrogens is 274 g/mol. The average Bonchev–Trinajstić information content (AvgIpc) is 2.75. The van der Waals surface area contributed by atoms with Crippen molar-refractivity contribution in [2.45, 2.75) is 13.8 Å². The summed E-state index contributed by atoms with van der Waals surface area (Å²) in [6, 6.07) is 3.68. The van der Waals surface area contributed by atoms with Gasteiger partial charge in [-0.05, 0) is 26.0 Å². The number of rotatable bonds is 3. The van der Waals surface area contributed by atoms with E-state index in [1.165, 1.54) is 11.3 Å². The molecule has 20 heavy (non-hydrogen) atoms. The summed E-state index contributed by atoms with van der Waals surface area (Å²) >= 11 is 1.26. The van der Waals surface area contributed by atoms with Crippen molar-refractivity contribution in [1.29, 1.82) is 0 Å². The van der Waals surface area contributed by atoms with Gasteiger partial charge in [-0.1, -0.05) is 11.3 Å². The molecule has 0 bridgehead atoms. The molecule has 2 aromatic rings. The number of anilines is 3. The van der Waals surface area contributed by atoms with Crippen molar-refractivity contribution in [3.63, 3.8) is 0 Å². The molecule has 0 atom stereocenters. The fourth-order valence-corrected chi connectivity index (χ4v) is 2.47. The highest BCUT2D eigenvalue weighted by Gasteiger charge is 2.18. The summed E-state index contributed by atoms with van der Waals surface area (Å²) in [5.74, 6) is -0.0178. The predicted molar refractivity (Wildman–Crippen MR) is 82.5 cm³/mol. The molecule has 3 N–H and O–H groups in total. The Morgan fingerprint density at radius 3 is 2.55 bits per heavy atom. The van der Waals surface area contributed by atoms with Crippen LogP contribution >= 0.6 is 11.3 Å². The molecule has 0 spiro atoms. The van der Waals surface area contributed by atoms with Gasteiger partial charge in [-0.15, -0.1) is 0 Å². The zero-order valence-electron chi connectivity index (χ0n) is 11.9. The minimum atomic E-state index is -0.262. The van der Waals surface area contributed by atoms with Crippen molar-refractivity contribution >= 4 is 33.9 Å². The molecule has 0 saturated heterocycles. The first-order valence-electron chi connectivity index (χ1n) is 6.07. The second-order valence-electron chi connectivity index (χ2n) is 4.64. The van der Waals surface area contributed by atoms with Gasteiger partial charge in [0, 0.05) is 19.8 Å². The molecule has 0 radical (unpaired) electrons. The van der Waals surface area contributed by atoms with Crippen LogP contribution in [0, 0.1) is 13.8 Å². The lowest BCUT2D eigenvalue weighted by molar-refractivity contribution is 0.103. The minimum Gasteiger partial charge on any atom is -0.382 e. The van der Waals surface area contributed by atoms with Gasteiger partial charge in [0.05, 0.1) is 11.4 Å². The fraction of sp³-hybridized carbons (Fsp3) is 0.308. The summed E-state index contributed by atoms with van der Waals surface area (Å²) < 4.78 is 0. The van der Waals surface area contributed by atoms with Gasteiger partial charge in [0.2, 0.25) is 0 Å². The van der Waals surface area contributed by atoms with Crippen LogP contribution in [0.3, 0.4) is 0 Å². The number of aryl methyl sites for hydroxylation is 2. The van der Waals surface area contributed by atoms with E-state index in [1.807, 2.05) is 45.0 Å². The van der Waals surface area contributed by atoms with E-state index in [0.717, 1.165) is 11.4 Å². The summed E-state index contributed by atoms with van der Waals surface area (Å²) in [5.41, 5.74) is 8.15. The van der Waals surface area contributed by atoms with Crippen LogP contribution in [0.1, 0.15) is 21.1 Å². The van der Waals surface area contributed by atoms with Gasteiger partial charge in [-0.3, -0.25) is 9.78 Å². The van der Waals surface area contributed by atoms with Crippen molar-refractivity contribution in [3.05, 3.63) is 28.4 Å². The molecule has 0 aliphatic rings. The molecule has 0 aliphatic heterocycles. The van der Waals surface area contributed by atoms with Gasteiger partial charge >= 0.3 is 0 Å². The zero-order valence-corrected chi connectivity index (χ0v) is 12.7. The first-order chi connectivity index (χ1) is 9.38. The topological polar surface area (TPSA) is 84.1 Å². The number of hydrogen-bond acceptors (Lipinski definition) is 6. The van der Waals surface area contributed by atoms with E-state index >= 15 is 0 Å². The maximum Gasteiger partial charge on any atom is 0.269 e. The lowest BCUT2D eigenvalue weighted by Gasteiger charge is -2.07. The van der Waals surface area contributed by atoms with Crippen molar-refractivity contribution in [3.8, 4) is 0 Å². The third kappa shape index (κ3) is 2.88. The Kier molecular flexibility index (Phi) is 3.89. The summed E-state index contributed by atoms with van der Waals surface area (Å²) in [7, 11) is 3.71. The smallest absolute Gasteiger partial charge is 0.269 e. The van der Waals surface area contributed by atoms with E-state index in [2.05, 4.69) is 15.3 Å². The number of nitrogen functional groups attached to an aromatic ring is 1. The van der Waals surface area contributed by atoms with E-state index in [4.69, 9.17) is 5.73 Å². The van der Waals surface area contributed by atoms with Crippen LogP contribution < -0.4 is 16.0 Å². The Morgan fingerprint density at radius 1 is 1.30 bits per heavy atom. The van der Waals surface area contributed by atoms with Crippen molar-refractivity contribution in [1.82, 2.24) is 9.97 Å². The standard InChI is InChI=1S/C13H17N5OS/c1-7-5-6-9(8(2)15-7)16-12(19)10-11(14)17-13(20-10)18(3)4/h5-6H,14H2,1-4H3,(H,16,19). The summed E-state index contributed by atoms with van der Waals surface area (Å²) in [6.07, 6.45) is 0. The summed E-state index contributed by atoms with van der Waals surface area (Å²) in [6.45, 7) is 3.76. The van der Waals surface area contributed by atoms with Crippen molar-refractivity contribution in [2.75, 3.05) is 30.0 Å². The van der Waals surface area contributed by atoms with Crippen LogP contribution in [-0.2, 0) is 0 Å². The van der Waals surface area contributed by atoms with E-state index < -0.39 is 0 Å². The lowest BCUT2D eigenvalue weighted by Crippen LogP contribution is -2.13. The molecule has 2 heterocycles. The molecular formula is C13H17N5OS. The van der Waals surface area contributed by atoms with E-state index in [1.54, 1.807) is 0 Å². The Hall–Kier alpha value is -2.15. The van der Waals surface area contributed by atoms with Crippen LogP contribution in [0.15, 0.2) is 12.1 Å². The zero-order chi connectivity index (χ0) is 14.9. The molecule has 0 aliphatic carbocycles. The number of amides is 1. The van der Waals surface area contributed by atoms with Gasteiger partial charge in [-0.25, -0.2) is 4.98 Å². The van der Waals surface area contributed by atoms with E-state index in [0.29, 0.717) is 15.7 Å². The highest BCUT2D eigenvalue weighted by Crippen LogP contribution is 2.27. The molecule has 0 unspecified atom stereocenters. The fourth-order valence-electron chi connectivity index (χ4n) is 1.67. The van der Waals surface area contributed by atoms with Crippen molar-refractivity contribution < 1.29 is 4.79 Å². The van der Waals surface area contributed by atoms with Gasteiger partial charge in [0.15, 0.2) is 5.13 Å². The lowest BCUT2D eigenvalue weighted by atomic mass is 10.2. The SMILES string of the molecule is Cc1ccc(NC(=O)c2sc(N(C)C)nc2N)c(C)n1. The number of thiazole rings is 1. The highest BCUT2D eigenvalue weighted by atomic mass is 32.1. The van der Waals surface area contributed by atoms with Gasteiger partial charge in [0.1, 0.15) is 10.7 Å². The van der Waals surface area contributed by atoms with Crippen LogP contribution in [0.2, 0.25) is 0 Å². The molecule has 0 aromatic carbocycles. The van der Waals surface area contributed by atoms with Gasteiger partial charge in [0.25, 0.3) is 5.91 Å². The number of nitrogens with zero attached hydrogens (tertiary/aromatic N) is 3. The summed E-state index contributed by atoms with van der Waals surface area (Å²) in [4.78, 5) is 22.9. The Labute approximate surface area is 121 Å². The second kappa shape index (κ2) is 5.46. The first kappa shape index (κ1) is 14.3. The maximum absolute atomic E-state index is 12.2. The monoisotopic (exact) mass is 291 g/mol. The van der Waals surface area contributed by atoms with Gasteiger partial charge in [-0.2, -0.15) is 0 Å². The largest absolute Gasteiger partial charge is 0.382 e. The van der Waals surface area contributed by atoms with Crippen LogP contribution in [0.25, 0.3) is 0 Å². The predicted octanol–water partition coefficient (Wildman–Crippen LogP) is 2.06. The minimum absolute atomic E-state index is 0.244. The summed E-state index contributed by atoms with van der Waals surface area (Å²) in [5, 5.41) is 3.52. The maximum atomic E-state index is 12.2. The quantitative estimate of drug-likeness (QED) is 0.904. The number of hydrogen-bond donors (Lipinski definition) is 2. The van der Waals surface area contributed by atoms with E-state index in [-0.39, 0.29) is 11.7 Å². The number of pyridine rings is 1. The van der Waals surface area contributed by atoms with Crippen molar-refractivity contribution in [2.24, 2.45) is 0 Å². The van der Waals surface area contributed by atoms with Gasteiger partial charge < -0.3 is 16.0 Å². The van der Waals surface area contributed by atoms with Crippen LogP contribution in [0.5, 0.6) is 0 Å². The third-order valence-corrected chi connectivity index (χ3v) is 3.94. The van der Waals surface area contributed by atoms with Crippen LogP contribution in [-0.4, -0.2) is 30.0 Å². The normalized spacial score (nSPS) is 10.4. The molecule has 6 nitrogen and oxygen atoms in total. The van der Waals surface area contributed by atoms with Crippen LogP contribution in [0.4, 0.5) is 16.6 Å². The number of aromatic nitrogens is 2. The number of carbonyl (C=O) groups is 1. The number of nitrogens with one attached hydrogen (secondary N) is 1. The Morgan fingerprint density at radius 2 is 2.00 bits per heavy atom. The third-order valence-electron chi connectivity index (χ3n) is 2.70.